The third-order valence-corrected chi connectivity index (χ3v) is 2.11. The number of nitrogens with zero attached hydrogens (tertiary/aromatic N) is 3. The second-order valence-corrected chi connectivity index (χ2v) is 3.35. The van der Waals surface area contributed by atoms with Crippen molar-refractivity contribution in [1.29, 1.82) is 0 Å². The number of hydrogen-bond acceptors (Lipinski definition) is 4. The van der Waals surface area contributed by atoms with E-state index in [2.05, 4.69) is 9.97 Å². The highest BCUT2D eigenvalue weighted by Crippen LogP contribution is 2.04. The van der Waals surface area contributed by atoms with Gasteiger partial charge in [0.2, 0.25) is 5.78 Å². The minimum atomic E-state index is -0.984. The molecule has 0 unspecified atom stereocenters. The molecular weight excluding hydrogens is 210 g/mol. The predicted octanol–water partition coefficient (Wildman–Crippen LogP) is 0.719. The van der Waals surface area contributed by atoms with Crippen LogP contribution in [-0.2, 0) is 16.1 Å². The van der Waals surface area contributed by atoms with Crippen LogP contribution in [0.15, 0.2) is 24.7 Å². The van der Waals surface area contributed by atoms with E-state index in [0.29, 0.717) is 11.5 Å². The first-order chi connectivity index (χ1) is 7.66. The van der Waals surface area contributed by atoms with E-state index in [-0.39, 0.29) is 6.61 Å². The van der Waals surface area contributed by atoms with Crippen LogP contribution in [0.3, 0.4) is 0 Å². The van der Waals surface area contributed by atoms with Gasteiger partial charge in [0.15, 0.2) is 6.10 Å². The van der Waals surface area contributed by atoms with Gasteiger partial charge in [-0.25, -0.2) is 14.8 Å². The van der Waals surface area contributed by atoms with Crippen LogP contribution < -0.4 is 0 Å². The number of carboxylic acids is 1. The van der Waals surface area contributed by atoms with Gasteiger partial charge in [-0.2, -0.15) is 0 Å². The molecule has 84 valence electrons. The van der Waals surface area contributed by atoms with E-state index in [1.165, 1.54) is 6.92 Å². The fraction of sp³-hybridized carbons (Fsp3) is 0.300. The Morgan fingerprint density at radius 2 is 2.50 bits per heavy atom. The highest BCUT2D eigenvalue weighted by molar-refractivity contribution is 5.71. The predicted molar refractivity (Wildman–Crippen MR) is 54.9 cm³/mol. The molecule has 2 aromatic rings. The number of ether oxygens (including phenoxy) is 1. The molecule has 0 amide bonds. The number of fused-ring (bicyclic) bond motifs is 1. The fourth-order valence-electron chi connectivity index (χ4n) is 1.23. The summed E-state index contributed by atoms with van der Waals surface area (Å²) in [6.07, 6.45) is 4.39. The number of carboxylic acid groups (broad SMARTS) is 1. The lowest BCUT2D eigenvalue weighted by atomic mass is 10.4. The molecule has 0 bridgehead atoms. The topological polar surface area (TPSA) is 76.7 Å². The van der Waals surface area contributed by atoms with Crippen LogP contribution in [0.5, 0.6) is 0 Å². The van der Waals surface area contributed by atoms with Gasteiger partial charge in [0.05, 0.1) is 12.3 Å². The molecule has 16 heavy (non-hydrogen) atoms. The quantitative estimate of drug-likeness (QED) is 0.823. The third kappa shape index (κ3) is 2.17. The highest BCUT2D eigenvalue weighted by Gasteiger charge is 2.12. The van der Waals surface area contributed by atoms with Gasteiger partial charge in [0, 0.05) is 18.6 Å². The van der Waals surface area contributed by atoms with Crippen LogP contribution in [-0.4, -0.2) is 31.5 Å². The van der Waals surface area contributed by atoms with E-state index in [9.17, 15) is 4.79 Å². The molecule has 2 aromatic heterocycles. The number of rotatable bonds is 4. The molecule has 0 spiro atoms. The zero-order valence-electron chi connectivity index (χ0n) is 8.70. The van der Waals surface area contributed by atoms with Crippen LogP contribution >= 0.6 is 0 Å². The molecule has 6 nitrogen and oxygen atoms in total. The Morgan fingerprint density at radius 3 is 3.19 bits per heavy atom. The Hall–Kier alpha value is -1.95. The molecule has 0 aliphatic carbocycles. The Morgan fingerprint density at radius 1 is 1.69 bits per heavy atom. The molecule has 0 aliphatic heterocycles. The molecule has 0 saturated heterocycles. The van der Waals surface area contributed by atoms with Gasteiger partial charge >= 0.3 is 5.97 Å². The summed E-state index contributed by atoms with van der Waals surface area (Å²) in [7, 11) is 0. The molecule has 0 aliphatic rings. The SMILES string of the molecule is C[C@H](OCc1cn2cccnc2n1)C(=O)O. The molecule has 6 heteroatoms. The van der Waals surface area contributed by atoms with Gasteiger partial charge < -0.3 is 9.84 Å². The summed E-state index contributed by atoms with van der Waals surface area (Å²) < 4.78 is 6.87. The normalized spacial score (nSPS) is 12.8. The van der Waals surface area contributed by atoms with Crippen molar-refractivity contribution >= 4 is 11.7 Å². The van der Waals surface area contributed by atoms with Crippen molar-refractivity contribution in [2.45, 2.75) is 19.6 Å². The maximum Gasteiger partial charge on any atom is 0.332 e. The van der Waals surface area contributed by atoms with E-state index in [1.807, 2.05) is 6.20 Å². The van der Waals surface area contributed by atoms with Crippen molar-refractivity contribution < 1.29 is 14.6 Å². The summed E-state index contributed by atoms with van der Waals surface area (Å²) in [5.74, 6) is -0.411. The van der Waals surface area contributed by atoms with E-state index >= 15 is 0 Å². The molecule has 0 radical (unpaired) electrons. The highest BCUT2D eigenvalue weighted by atomic mass is 16.5. The van der Waals surface area contributed by atoms with Crippen molar-refractivity contribution in [3.8, 4) is 0 Å². The standard InChI is InChI=1S/C10H11N3O3/c1-7(9(14)15)16-6-8-5-13-4-2-3-11-10(13)12-8/h2-5,7H,6H2,1H3,(H,14,15)/t7-/m0/s1. The average Bonchev–Trinajstić information content (AvgIpc) is 2.68. The number of aliphatic carboxylic acids is 1. The molecular formula is C10H11N3O3. The second-order valence-electron chi connectivity index (χ2n) is 3.35. The first-order valence-corrected chi connectivity index (χ1v) is 4.80. The van der Waals surface area contributed by atoms with Crippen LogP contribution in [0, 0.1) is 0 Å². The number of hydrogen-bond donors (Lipinski definition) is 1. The van der Waals surface area contributed by atoms with Crippen LogP contribution in [0.25, 0.3) is 5.78 Å². The summed E-state index contributed by atoms with van der Waals surface area (Å²) in [5.41, 5.74) is 0.659. The van der Waals surface area contributed by atoms with Gasteiger partial charge in [0.25, 0.3) is 0 Å². The van der Waals surface area contributed by atoms with Gasteiger partial charge in [-0.15, -0.1) is 0 Å². The van der Waals surface area contributed by atoms with E-state index < -0.39 is 12.1 Å². The molecule has 0 fully saturated rings. The molecule has 0 aromatic carbocycles. The summed E-state index contributed by atoms with van der Waals surface area (Å²) in [6, 6.07) is 1.79. The zero-order chi connectivity index (χ0) is 11.5. The minimum Gasteiger partial charge on any atom is -0.479 e. The second kappa shape index (κ2) is 4.28. The zero-order valence-corrected chi connectivity index (χ0v) is 8.70. The maximum absolute atomic E-state index is 10.5. The van der Waals surface area contributed by atoms with Crippen molar-refractivity contribution in [2.24, 2.45) is 0 Å². The number of imidazole rings is 1. The minimum absolute atomic E-state index is 0.164. The van der Waals surface area contributed by atoms with Gasteiger partial charge in [-0.05, 0) is 13.0 Å². The molecule has 1 N–H and O–H groups in total. The number of aromatic nitrogens is 3. The third-order valence-electron chi connectivity index (χ3n) is 2.11. The average molecular weight is 221 g/mol. The van der Waals surface area contributed by atoms with Crippen molar-refractivity contribution in [3.63, 3.8) is 0 Å². The lowest BCUT2D eigenvalue weighted by molar-refractivity contribution is -0.149. The molecule has 1 atom stereocenters. The summed E-state index contributed by atoms with van der Waals surface area (Å²) >= 11 is 0. The Balaban J connectivity index is 2.07. The molecule has 0 saturated carbocycles. The smallest absolute Gasteiger partial charge is 0.332 e. The van der Waals surface area contributed by atoms with E-state index in [0.717, 1.165) is 0 Å². The fourth-order valence-corrected chi connectivity index (χ4v) is 1.23. The van der Waals surface area contributed by atoms with Crippen LogP contribution in [0.4, 0.5) is 0 Å². The Bertz CT molecular complexity index is 476. The van der Waals surface area contributed by atoms with Gasteiger partial charge in [-0.1, -0.05) is 0 Å². The van der Waals surface area contributed by atoms with Crippen LogP contribution in [0.2, 0.25) is 0 Å². The maximum atomic E-state index is 10.5. The summed E-state index contributed by atoms with van der Waals surface area (Å²) in [6.45, 7) is 1.65. The first-order valence-electron chi connectivity index (χ1n) is 4.80. The molecule has 2 heterocycles. The van der Waals surface area contributed by atoms with Gasteiger partial charge in [0.1, 0.15) is 0 Å². The van der Waals surface area contributed by atoms with Crippen LogP contribution in [0.1, 0.15) is 12.6 Å². The monoisotopic (exact) mass is 221 g/mol. The van der Waals surface area contributed by atoms with Crippen molar-refractivity contribution in [2.75, 3.05) is 0 Å². The lowest BCUT2D eigenvalue weighted by Gasteiger charge is -2.05. The van der Waals surface area contributed by atoms with Crippen molar-refractivity contribution in [1.82, 2.24) is 14.4 Å². The molecule has 2 rings (SSSR count). The Labute approximate surface area is 91.5 Å². The number of carbonyl (C=O) groups is 1. The largest absolute Gasteiger partial charge is 0.479 e. The van der Waals surface area contributed by atoms with Crippen molar-refractivity contribution in [3.05, 3.63) is 30.4 Å². The van der Waals surface area contributed by atoms with E-state index in [1.54, 1.807) is 22.9 Å². The Kier molecular flexibility index (Phi) is 2.82. The van der Waals surface area contributed by atoms with E-state index in [4.69, 9.17) is 9.84 Å². The lowest BCUT2D eigenvalue weighted by Crippen LogP contribution is -2.19. The summed E-state index contributed by atoms with van der Waals surface area (Å²) in [5, 5.41) is 8.64. The van der Waals surface area contributed by atoms with Gasteiger partial charge in [-0.3, -0.25) is 4.40 Å². The first kappa shape index (κ1) is 10.6. The summed E-state index contributed by atoms with van der Waals surface area (Å²) in [4.78, 5) is 18.8.